The molecule has 5 nitrogen and oxygen atoms in total. The molecule has 8 heteroatoms. The molecule has 1 N–H and O–H groups in total. The normalized spacial score (nSPS) is 15.9. The van der Waals surface area contributed by atoms with Crippen LogP contribution < -0.4 is 10.2 Å². The third kappa shape index (κ3) is 7.66. The van der Waals surface area contributed by atoms with Crippen molar-refractivity contribution >= 4 is 35.1 Å². The van der Waals surface area contributed by atoms with Gasteiger partial charge in [-0.05, 0) is 36.1 Å². The van der Waals surface area contributed by atoms with E-state index in [2.05, 4.69) is 27.1 Å². The van der Waals surface area contributed by atoms with Gasteiger partial charge in [0.05, 0.1) is 17.4 Å². The van der Waals surface area contributed by atoms with Crippen LogP contribution in [0.4, 0.5) is 10.2 Å². The van der Waals surface area contributed by atoms with Crippen LogP contribution in [0.15, 0.2) is 48.1 Å². The summed E-state index contributed by atoms with van der Waals surface area (Å²) in [7, 11) is 0. The monoisotopic (exact) mass is 436 g/mol. The number of amides is 1. The fourth-order valence-electron chi connectivity index (χ4n) is 2.80. The van der Waals surface area contributed by atoms with Crippen molar-refractivity contribution in [2.24, 2.45) is 5.92 Å². The molecule has 0 aliphatic carbocycles. The van der Waals surface area contributed by atoms with Gasteiger partial charge in [-0.3, -0.25) is 4.79 Å². The van der Waals surface area contributed by atoms with Gasteiger partial charge in [-0.2, -0.15) is 0 Å². The molecule has 1 atom stereocenters. The van der Waals surface area contributed by atoms with Crippen molar-refractivity contribution < 1.29 is 9.18 Å². The first-order chi connectivity index (χ1) is 14.0. The minimum absolute atomic E-state index is 0.174. The standard InChI is InChI=1S/C15H22N4OS.C6H4ClF/c1-3-12-5-7-19(11-12)14-10-17-13(9-18-14)15(20)16-6-4-8-21-2;7-5-3-1-2-4-6(5)8/h4,8-10,12H,3,5-7,11H2,1-2H3,(H,16,20);1-4H/b8-4+;/t12-;/m0./s1. The Hall–Kier alpha value is -2.12. The average Bonchev–Trinajstić information content (AvgIpc) is 3.23. The van der Waals surface area contributed by atoms with Crippen molar-refractivity contribution in [3.63, 3.8) is 0 Å². The Balaban J connectivity index is 0.000000313. The summed E-state index contributed by atoms with van der Waals surface area (Å²) in [6.07, 6.45) is 9.55. The molecule has 1 aromatic heterocycles. The van der Waals surface area contributed by atoms with E-state index in [4.69, 9.17) is 11.6 Å². The first kappa shape index (κ1) is 23.2. The van der Waals surface area contributed by atoms with Gasteiger partial charge in [-0.1, -0.05) is 43.2 Å². The zero-order chi connectivity index (χ0) is 21.1. The molecule has 156 valence electrons. The lowest BCUT2D eigenvalue weighted by molar-refractivity contribution is 0.0952. The lowest BCUT2D eigenvalue weighted by Gasteiger charge is -2.16. The summed E-state index contributed by atoms with van der Waals surface area (Å²) in [5, 5.41) is 4.89. The van der Waals surface area contributed by atoms with Crippen molar-refractivity contribution in [1.29, 1.82) is 0 Å². The number of nitrogens with zero attached hydrogens (tertiary/aromatic N) is 3. The minimum Gasteiger partial charge on any atom is -0.355 e. The molecule has 0 bridgehead atoms. The predicted octanol–water partition coefficient (Wildman–Crippen LogP) is 4.80. The lowest BCUT2D eigenvalue weighted by atomic mass is 10.1. The topological polar surface area (TPSA) is 58.1 Å². The fourth-order valence-corrected chi connectivity index (χ4v) is 3.23. The van der Waals surface area contributed by atoms with Gasteiger partial charge in [-0.25, -0.2) is 14.4 Å². The maximum Gasteiger partial charge on any atom is 0.271 e. The SMILES string of the molecule is CC[C@H]1CCN(c2cnc(C(=O)NC/C=C/SC)cn2)C1.Fc1ccccc1Cl. The largest absolute Gasteiger partial charge is 0.355 e. The number of anilines is 1. The highest BCUT2D eigenvalue weighted by atomic mass is 35.5. The lowest BCUT2D eigenvalue weighted by Crippen LogP contribution is -2.25. The highest BCUT2D eigenvalue weighted by Gasteiger charge is 2.22. The Morgan fingerprint density at radius 2 is 2.17 bits per heavy atom. The van der Waals surface area contributed by atoms with Gasteiger partial charge >= 0.3 is 0 Å². The van der Waals surface area contributed by atoms with Crippen LogP contribution >= 0.6 is 23.4 Å². The third-order valence-electron chi connectivity index (χ3n) is 4.50. The van der Waals surface area contributed by atoms with E-state index in [0.717, 1.165) is 24.8 Å². The maximum atomic E-state index is 12.2. The molecule has 29 heavy (non-hydrogen) atoms. The van der Waals surface area contributed by atoms with Gasteiger partial charge < -0.3 is 10.2 Å². The van der Waals surface area contributed by atoms with Crippen molar-refractivity contribution in [3.8, 4) is 0 Å². The smallest absolute Gasteiger partial charge is 0.271 e. The predicted molar refractivity (Wildman–Crippen MR) is 119 cm³/mol. The average molecular weight is 437 g/mol. The summed E-state index contributed by atoms with van der Waals surface area (Å²) >= 11 is 6.94. The Morgan fingerprint density at radius 1 is 1.38 bits per heavy atom. The Labute approximate surface area is 180 Å². The number of hydrogen-bond acceptors (Lipinski definition) is 5. The van der Waals surface area contributed by atoms with Gasteiger partial charge in [0.25, 0.3) is 5.91 Å². The quantitative estimate of drug-likeness (QED) is 0.704. The number of hydrogen-bond donors (Lipinski definition) is 1. The molecule has 2 heterocycles. The highest BCUT2D eigenvalue weighted by Crippen LogP contribution is 2.23. The van der Waals surface area contributed by atoms with E-state index < -0.39 is 0 Å². The first-order valence-electron chi connectivity index (χ1n) is 9.48. The van der Waals surface area contributed by atoms with E-state index in [-0.39, 0.29) is 16.7 Å². The highest BCUT2D eigenvalue weighted by molar-refractivity contribution is 8.01. The van der Waals surface area contributed by atoms with E-state index in [0.29, 0.717) is 12.2 Å². The molecule has 1 fully saturated rings. The van der Waals surface area contributed by atoms with Crippen LogP contribution in [0, 0.1) is 11.7 Å². The van der Waals surface area contributed by atoms with Crippen LogP contribution in [0.25, 0.3) is 0 Å². The van der Waals surface area contributed by atoms with E-state index in [9.17, 15) is 9.18 Å². The zero-order valence-electron chi connectivity index (χ0n) is 16.6. The van der Waals surface area contributed by atoms with Gasteiger partial charge in [0.2, 0.25) is 0 Å². The summed E-state index contributed by atoms with van der Waals surface area (Å²) in [6.45, 7) is 4.79. The van der Waals surface area contributed by atoms with Gasteiger partial charge in [0.1, 0.15) is 17.3 Å². The summed E-state index contributed by atoms with van der Waals surface area (Å²) in [5.41, 5.74) is 0.363. The van der Waals surface area contributed by atoms with Crippen molar-refractivity contribution in [2.45, 2.75) is 19.8 Å². The summed E-state index contributed by atoms with van der Waals surface area (Å²) < 4.78 is 12.2. The number of benzene rings is 1. The Kier molecular flexibility index (Phi) is 9.94. The number of carbonyl (C=O) groups excluding carboxylic acids is 1. The van der Waals surface area contributed by atoms with Crippen molar-refractivity contribution in [3.05, 3.63) is 64.7 Å². The van der Waals surface area contributed by atoms with Gasteiger partial charge in [0.15, 0.2) is 0 Å². The second-order valence-corrected chi connectivity index (χ2v) is 7.65. The fraction of sp³-hybridized carbons (Fsp3) is 0.381. The second-order valence-electron chi connectivity index (χ2n) is 6.50. The van der Waals surface area contributed by atoms with Gasteiger partial charge in [0, 0.05) is 19.6 Å². The van der Waals surface area contributed by atoms with Crippen LogP contribution in [-0.2, 0) is 0 Å². The molecule has 0 spiro atoms. The Morgan fingerprint density at radius 3 is 2.72 bits per heavy atom. The molecule has 0 radical (unpaired) electrons. The van der Waals surface area contributed by atoms with Crippen LogP contribution in [-0.4, -0.2) is 41.8 Å². The maximum absolute atomic E-state index is 12.2. The van der Waals surface area contributed by atoms with E-state index in [1.54, 1.807) is 36.3 Å². The van der Waals surface area contributed by atoms with Crippen LogP contribution in [0.1, 0.15) is 30.3 Å². The van der Waals surface area contributed by atoms with Crippen molar-refractivity contribution in [2.75, 3.05) is 30.8 Å². The van der Waals surface area contributed by atoms with Crippen LogP contribution in [0.3, 0.4) is 0 Å². The van der Waals surface area contributed by atoms with Crippen molar-refractivity contribution in [1.82, 2.24) is 15.3 Å². The molecular formula is C21H26ClFN4OS. The molecule has 1 amide bonds. The van der Waals surface area contributed by atoms with Gasteiger partial charge in [-0.15, -0.1) is 11.8 Å². The summed E-state index contributed by atoms with van der Waals surface area (Å²) in [6, 6.07) is 6.12. The van der Waals surface area contributed by atoms with Crippen LogP contribution in [0.2, 0.25) is 5.02 Å². The number of carbonyl (C=O) groups is 1. The number of rotatable bonds is 6. The van der Waals surface area contributed by atoms with E-state index >= 15 is 0 Å². The zero-order valence-corrected chi connectivity index (χ0v) is 18.2. The summed E-state index contributed by atoms with van der Waals surface area (Å²) in [5.74, 6) is 1.06. The van der Waals surface area contributed by atoms with Crippen LogP contribution in [0.5, 0.6) is 0 Å². The molecule has 3 rings (SSSR count). The number of nitrogens with one attached hydrogen (secondary N) is 1. The molecule has 2 aromatic rings. The first-order valence-corrected chi connectivity index (χ1v) is 11.1. The molecule has 1 saturated heterocycles. The van der Waals surface area contributed by atoms with E-state index in [1.807, 2.05) is 17.7 Å². The minimum atomic E-state index is -0.367. The molecule has 0 unspecified atom stereocenters. The molecule has 1 aromatic carbocycles. The van der Waals surface area contributed by atoms with E-state index in [1.165, 1.54) is 25.0 Å². The second kappa shape index (κ2) is 12.4. The summed E-state index contributed by atoms with van der Waals surface area (Å²) in [4.78, 5) is 22.7. The molecular weight excluding hydrogens is 411 g/mol. The molecule has 1 aliphatic rings. The third-order valence-corrected chi connectivity index (χ3v) is 5.27. The number of thioether (sulfide) groups is 1. The molecule has 1 aliphatic heterocycles. The number of aromatic nitrogens is 2. The Bertz CT molecular complexity index is 783. The number of halogens is 2. The molecule has 0 saturated carbocycles.